The van der Waals surface area contributed by atoms with E-state index >= 15 is 0 Å². The predicted molar refractivity (Wildman–Crippen MR) is 128 cm³/mol. The van der Waals surface area contributed by atoms with Crippen LogP contribution in [-0.2, 0) is 16.0 Å². The van der Waals surface area contributed by atoms with Crippen LogP contribution in [0.1, 0.15) is 25.8 Å². The highest BCUT2D eigenvalue weighted by molar-refractivity contribution is 6.23. The molecule has 0 aliphatic carbocycles. The van der Waals surface area contributed by atoms with Crippen LogP contribution in [0.25, 0.3) is 32.3 Å². The Hall–Kier alpha value is -2.69. The van der Waals surface area contributed by atoms with Gasteiger partial charge < -0.3 is 15.2 Å². The van der Waals surface area contributed by atoms with Gasteiger partial charge in [-0.1, -0.05) is 68.4 Å². The summed E-state index contributed by atoms with van der Waals surface area (Å²) in [7, 11) is 1.54. The van der Waals surface area contributed by atoms with E-state index in [9.17, 15) is 9.90 Å². The highest BCUT2D eigenvalue weighted by atomic mass is 16.5. The fourth-order valence-corrected chi connectivity index (χ4v) is 4.79. The number of amides is 1. The summed E-state index contributed by atoms with van der Waals surface area (Å²) in [6.45, 7) is 4.61. The summed E-state index contributed by atoms with van der Waals surface area (Å²) in [5, 5.41) is 20.4. The van der Waals surface area contributed by atoms with Crippen molar-refractivity contribution in [3.05, 3.63) is 60.2 Å². The summed E-state index contributed by atoms with van der Waals surface area (Å²) in [4.78, 5) is 12.4. The minimum absolute atomic E-state index is 0.0163. The van der Waals surface area contributed by atoms with Crippen molar-refractivity contribution in [1.82, 2.24) is 5.32 Å². The normalized spacial score (nSPS) is 14.8. The quantitative estimate of drug-likeness (QED) is 0.380. The van der Waals surface area contributed by atoms with E-state index < -0.39 is 6.10 Å². The fraction of sp³-hybridized carbons (Fsp3) is 0.370. The molecule has 162 valence electrons. The molecule has 4 heteroatoms. The van der Waals surface area contributed by atoms with Crippen LogP contribution in [0.5, 0.6) is 0 Å². The van der Waals surface area contributed by atoms with E-state index in [1.807, 2.05) is 6.92 Å². The third kappa shape index (κ3) is 4.51. The summed E-state index contributed by atoms with van der Waals surface area (Å²) in [6, 6.07) is 19.8. The number of hydrogen-bond donors (Lipinski definition) is 2. The molecule has 0 saturated carbocycles. The summed E-state index contributed by atoms with van der Waals surface area (Å²) < 4.78 is 4.90. The van der Waals surface area contributed by atoms with Gasteiger partial charge in [0, 0.05) is 19.6 Å². The van der Waals surface area contributed by atoms with E-state index in [2.05, 4.69) is 66.8 Å². The number of aliphatic hydroxyl groups is 1. The van der Waals surface area contributed by atoms with Gasteiger partial charge in [-0.3, -0.25) is 4.79 Å². The summed E-state index contributed by atoms with van der Waals surface area (Å²) in [5.74, 6) is 0.241. The maximum Gasteiger partial charge on any atom is 0.222 e. The average Bonchev–Trinajstić information content (AvgIpc) is 2.77. The number of carbonyl (C=O) groups is 1. The van der Waals surface area contributed by atoms with Crippen molar-refractivity contribution >= 4 is 38.2 Å². The largest absolute Gasteiger partial charge is 0.389 e. The second kappa shape index (κ2) is 9.21. The van der Waals surface area contributed by atoms with Crippen LogP contribution in [0.2, 0.25) is 0 Å². The molecule has 0 radical (unpaired) electrons. The van der Waals surface area contributed by atoms with Crippen molar-refractivity contribution < 1.29 is 14.6 Å². The van der Waals surface area contributed by atoms with E-state index in [0.717, 1.165) is 12.8 Å². The standard InChI is InChI=1S/C27H31NO3/c1-17(13-18(2)27(30)28-15-23(29)16-31-3)14-22-10-9-21-8-7-19-5-4-6-20-11-12-24(22)26(21)25(19)20/h4-12,17-18,23,29H,13-16H2,1-3H3,(H,28,30). The van der Waals surface area contributed by atoms with Crippen LogP contribution >= 0.6 is 0 Å². The monoisotopic (exact) mass is 417 g/mol. The Morgan fingerprint density at radius 1 is 0.968 bits per heavy atom. The molecule has 3 unspecified atom stereocenters. The maximum atomic E-state index is 12.4. The first-order valence-electron chi connectivity index (χ1n) is 11.1. The zero-order valence-electron chi connectivity index (χ0n) is 18.5. The van der Waals surface area contributed by atoms with Crippen molar-refractivity contribution in [3.63, 3.8) is 0 Å². The molecule has 2 N–H and O–H groups in total. The van der Waals surface area contributed by atoms with Gasteiger partial charge in [-0.2, -0.15) is 0 Å². The Bertz CT molecular complexity index is 1170. The van der Waals surface area contributed by atoms with E-state index in [0.29, 0.717) is 5.92 Å². The van der Waals surface area contributed by atoms with Crippen LogP contribution in [0.4, 0.5) is 0 Å². The van der Waals surface area contributed by atoms with E-state index in [1.165, 1.54) is 45.0 Å². The fourth-order valence-electron chi connectivity index (χ4n) is 4.79. The second-order valence-electron chi connectivity index (χ2n) is 8.88. The third-order valence-electron chi connectivity index (χ3n) is 6.26. The van der Waals surface area contributed by atoms with E-state index in [-0.39, 0.29) is 25.0 Å². The SMILES string of the molecule is COCC(O)CNC(=O)C(C)CC(C)Cc1ccc2ccc3cccc4ccc1c2c34. The summed E-state index contributed by atoms with van der Waals surface area (Å²) >= 11 is 0. The number of aliphatic hydroxyl groups excluding tert-OH is 1. The molecule has 0 fully saturated rings. The highest BCUT2D eigenvalue weighted by Gasteiger charge is 2.19. The van der Waals surface area contributed by atoms with Crippen molar-refractivity contribution in [2.75, 3.05) is 20.3 Å². The lowest BCUT2D eigenvalue weighted by Crippen LogP contribution is -2.37. The predicted octanol–water partition coefficient (Wildman–Crippen LogP) is 4.91. The molecule has 1 amide bonds. The smallest absolute Gasteiger partial charge is 0.222 e. The Morgan fingerprint density at radius 2 is 1.61 bits per heavy atom. The van der Waals surface area contributed by atoms with Crippen molar-refractivity contribution in [3.8, 4) is 0 Å². The number of carbonyl (C=O) groups excluding carboxylic acids is 1. The van der Waals surface area contributed by atoms with Crippen LogP contribution in [-0.4, -0.2) is 37.4 Å². The Kier molecular flexibility index (Phi) is 6.40. The molecule has 0 saturated heterocycles. The van der Waals surface area contributed by atoms with Gasteiger partial charge in [0.05, 0.1) is 12.7 Å². The van der Waals surface area contributed by atoms with Gasteiger partial charge >= 0.3 is 0 Å². The molecule has 0 spiro atoms. The summed E-state index contributed by atoms with van der Waals surface area (Å²) in [6.07, 6.45) is 1.06. The van der Waals surface area contributed by atoms with Gasteiger partial charge in [0.2, 0.25) is 5.91 Å². The Morgan fingerprint density at radius 3 is 2.32 bits per heavy atom. The van der Waals surface area contributed by atoms with Gasteiger partial charge in [0.15, 0.2) is 0 Å². The van der Waals surface area contributed by atoms with Crippen LogP contribution in [0, 0.1) is 11.8 Å². The second-order valence-corrected chi connectivity index (χ2v) is 8.88. The molecule has 3 atom stereocenters. The van der Waals surface area contributed by atoms with Crippen LogP contribution in [0.15, 0.2) is 54.6 Å². The van der Waals surface area contributed by atoms with E-state index in [4.69, 9.17) is 4.74 Å². The zero-order chi connectivity index (χ0) is 22.0. The average molecular weight is 418 g/mol. The first-order chi connectivity index (χ1) is 15.0. The van der Waals surface area contributed by atoms with Crippen LogP contribution < -0.4 is 5.32 Å². The molecule has 0 heterocycles. The molecule has 31 heavy (non-hydrogen) atoms. The molecule has 4 rings (SSSR count). The Balaban J connectivity index is 1.50. The summed E-state index contributed by atoms with van der Waals surface area (Å²) in [5.41, 5.74) is 1.33. The molecule has 0 aliphatic heterocycles. The van der Waals surface area contributed by atoms with E-state index in [1.54, 1.807) is 0 Å². The lowest BCUT2D eigenvalue weighted by atomic mass is 9.86. The number of methoxy groups -OCH3 is 1. The molecule has 0 bridgehead atoms. The van der Waals surface area contributed by atoms with Gasteiger partial charge in [-0.05, 0) is 56.6 Å². The molecular weight excluding hydrogens is 386 g/mol. The minimum Gasteiger partial charge on any atom is -0.389 e. The van der Waals surface area contributed by atoms with Crippen molar-refractivity contribution in [1.29, 1.82) is 0 Å². The molecule has 4 aromatic rings. The number of rotatable bonds is 9. The number of ether oxygens (including phenoxy) is 1. The Labute approximate surface area is 183 Å². The molecular formula is C27H31NO3. The topological polar surface area (TPSA) is 58.6 Å². The maximum absolute atomic E-state index is 12.4. The van der Waals surface area contributed by atoms with Crippen molar-refractivity contribution in [2.24, 2.45) is 11.8 Å². The lowest BCUT2D eigenvalue weighted by molar-refractivity contribution is -0.125. The van der Waals surface area contributed by atoms with Gasteiger partial charge in [-0.25, -0.2) is 0 Å². The van der Waals surface area contributed by atoms with Gasteiger partial charge in [-0.15, -0.1) is 0 Å². The number of nitrogens with one attached hydrogen (secondary N) is 1. The number of hydrogen-bond acceptors (Lipinski definition) is 3. The van der Waals surface area contributed by atoms with Gasteiger partial charge in [0.1, 0.15) is 0 Å². The molecule has 4 nitrogen and oxygen atoms in total. The zero-order valence-corrected chi connectivity index (χ0v) is 18.5. The lowest BCUT2D eigenvalue weighted by Gasteiger charge is -2.20. The molecule has 0 aliphatic rings. The highest BCUT2D eigenvalue weighted by Crippen LogP contribution is 2.36. The molecule has 4 aromatic carbocycles. The van der Waals surface area contributed by atoms with Crippen molar-refractivity contribution in [2.45, 2.75) is 32.8 Å². The first kappa shape index (κ1) is 21.5. The third-order valence-corrected chi connectivity index (χ3v) is 6.26. The number of benzene rings is 4. The first-order valence-corrected chi connectivity index (χ1v) is 11.1. The molecule has 0 aromatic heterocycles. The minimum atomic E-state index is -0.671. The van der Waals surface area contributed by atoms with Crippen LogP contribution in [0.3, 0.4) is 0 Å². The van der Waals surface area contributed by atoms with Gasteiger partial charge in [0.25, 0.3) is 0 Å².